The lowest BCUT2D eigenvalue weighted by Gasteiger charge is -2.26. The summed E-state index contributed by atoms with van der Waals surface area (Å²) in [4.78, 5) is 13.9. The van der Waals surface area contributed by atoms with Crippen LogP contribution in [0.4, 0.5) is 0 Å². The van der Waals surface area contributed by atoms with Crippen LogP contribution in [0.2, 0.25) is 0 Å². The predicted molar refractivity (Wildman–Crippen MR) is 77.1 cm³/mol. The standard InChI is InChI=1S/C13H26N2O2S/c1-13(2,3)17-12(16)4-5-14-6-7-15-8-10-18-11-9-15/h14H,4-11H2,1-3H3. The lowest BCUT2D eigenvalue weighted by molar-refractivity contribution is -0.154. The van der Waals surface area contributed by atoms with E-state index in [4.69, 9.17) is 4.74 Å². The van der Waals surface area contributed by atoms with Gasteiger partial charge in [0.1, 0.15) is 5.60 Å². The highest BCUT2D eigenvalue weighted by atomic mass is 32.2. The maximum absolute atomic E-state index is 11.4. The second kappa shape index (κ2) is 8.02. The summed E-state index contributed by atoms with van der Waals surface area (Å²) in [5.41, 5.74) is -0.372. The maximum atomic E-state index is 11.4. The quantitative estimate of drug-likeness (QED) is 0.585. The number of rotatable bonds is 6. The number of hydrogen-bond donors (Lipinski definition) is 1. The topological polar surface area (TPSA) is 41.6 Å². The van der Waals surface area contributed by atoms with E-state index in [-0.39, 0.29) is 11.6 Å². The van der Waals surface area contributed by atoms with Gasteiger partial charge in [-0.15, -0.1) is 0 Å². The van der Waals surface area contributed by atoms with Crippen molar-refractivity contribution in [2.75, 3.05) is 44.2 Å². The average molecular weight is 274 g/mol. The Balaban J connectivity index is 1.96. The molecule has 0 amide bonds. The van der Waals surface area contributed by atoms with Crippen LogP contribution >= 0.6 is 11.8 Å². The van der Waals surface area contributed by atoms with Gasteiger partial charge in [0.05, 0.1) is 6.42 Å². The average Bonchev–Trinajstić information content (AvgIpc) is 2.27. The Morgan fingerprint density at radius 3 is 2.56 bits per heavy atom. The molecule has 1 saturated heterocycles. The van der Waals surface area contributed by atoms with E-state index in [1.54, 1.807) is 0 Å². The van der Waals surface area contributed by atoms with Crippen LogP contribution in [0, 0.1) is 0 Å². The van der Waals surface area contributed by atoms with Crippen LogP contribution in [-0.2, 0) is 9.53 Å². The number of carbonyl (C=O) groups is 1. The van der Waals surface area contributed by atoms with Gasteiger partial charge in [-0.05, 0) is 20.8 Å². The van der Waals surface area contributed by atoms with E-state index in [0.29, 0.717) is 13.0 Å². The van der Waals surface area contributed by atoms with E-state index in [1.807, 2.05) is 32.5 Å². The summed E-state index contributed by atoms with van der Waals surface area (Å²) in [5.74, 6) is 2.37. The minimum atomic E-state index is -0.372. The molecule has 0 bridgehead atoms. The molecule has 5 heteroatoms. The van der Waals surface area contributed by atoms with Crippen LogP contribution in [0.5, 0.6) is 0 Å². The van der Waals surface area contributed by atoms with Crippen molar-refractivity contribution in [1.29, 1.82) is 0 Å². The van der Waals surface area contributed by atoms with Crippen molar-refractivity contribution in [2.45, 2.75) is 32.8 Å². The summed E-state index contributed by atoms with van der Waals surface area (Å²) in [6, 6.07) is 0. The smallest absolute Gasteiger partial charge is 0.307 e. The molecule has 1 fully saturated rings. The van der Waals surface area contributed by atoms with Gasteiger partial charge in [0.2, 0.25) is 0 Å². The highest BCUT2D eigenvalue weighted by Gasteiger charge is 2.15. The van der Waals surface area contributed by atoms with Gasteiger partial charge in [0.15, 0.2) is 0 Å². The van der Waals surface area contributed by atoms with Crippen LogP contribution in [0.25, 0.3) is 0 Å². The zero-order valence-corrected chi connectivity index (χ0v) is 12.6. The third kappa shape index (κ3) is 7.95. The Morgan fingerprint density at radius 1 is 1.28 bits per heavy atom. The molecule has 0 aliphatic carbocycles. The van der Waals surface area contributed by atoms with Crippen LogP contribution in [-0.4, -0.2) is 60.7 Å². The normalized spacial score (nSPS) is 17.7. The molecule has 1 aliphatic rings. The first-order valence-electron chi connectivity index (χ1n) is 6.70. The second-order valence-corrected chi connectivity index (χ2v) is 6.77. The Hall–Kier alpha value is -0.260. The summed E-state index contributed by atoms with van der Waals surface area (Å²) >= 11 is 2.03. The minimum Gasteiger partial charge on any atom is -0.460 e. The molecule has 18 heavy (non-hydrogen) atoms. The molecule has 106 valence electrons. The summed E-state index contributed by atoms with van der Waals surface area (Å²) in [7, 11) is 0. The van der Waals surface area contributed by atoms with Gasteiger partial charge < -0.3 is 15.0 Å². The lowest BCUT2D eigenvalue weighted by Crippen LogP contribution is -2.38. The van der Waals surface area contributed by atoms with Crippen LogP contribution < -0.4 is 5.32 Å². The molecule has 0 radical (unpaired) electrons. The Morgan fingerprint density at radius 2 is 1.94 bits per heavy atom. The number of hydrogen-bond acceptors (Lipinski definition) is 5. The first-order valence-corrected chi connectivity index (χ1v) is 7.85. The number of carbonyl (C=O) groups excluding carboxylic acids is 1. The van der Waals surface area contributed by atoms with Gasteiger partial charge >= 0.3 is 5.97 Å². The molecule has 1 aliphatic heterocycles. The Bertz CT molecular complexity index is 248. The van der Waals surface area contributed by atoms with Crippen molar-refractivity contribution in [2.24, 2.45) is 0 Å². The summed E-state index contributed by atoms with van der Waals surface area (Å²) in [5, 5.41) is 3.30. The highest BCUT2D eigenvalue weighted by Crippen LogP contribution is 2.08. The molecule has 0 unspecified atom stereocenters. The van der Waals surface area contributed by atoms with Crippen LogP contribution in [0.15, 0.2) is 0 Å². The van der Waals surface area contributed by atoms with Gasteiger partial charge in [-0.3, -0.25) is 4.79 Å². The fraction of sp³-hybridized carbons (Fsp3) is 0.923. The summed E-state index contributed by atoms with van der Waals surface area (Å²) in [6.45, 7) is 10.8. The van der Waals surface area contributed by atoms with Crippen LogP contribution in [0.1, 0.15) is 27.2 Å². The fourth-order valence-electron chi connectivity index (χ4n) is 1.77. The molecule has 1 N–H and O–H groups in total. The molecule has 0 saturated carbocycles. The lowest BCUT2D eigenvalue weighted by atomic mass is 10.2. The zero-order chi connectivity index (χ0) is 13.4. The number of nitrogens with zero attached hydrogens (tertiary/aromatic N) is 1. The molecule has 0 aromatic rings. The number of esters is 1. The zero-order valence-electron chi connectivity index (χ0n) is 11.8. The van der Waals surface area contributed by atoms with Crippen molar-refractivity contribution >= 4 is 17.7 Å². The molecule has 0 aromatic carbocycles. The second-order valence-electron chi connectivity index (χ2n) is 5.54. The maximum Gasteiger partial charge on any atom is 0.307 e. The summed E-state index contributed by atoms with van der Waals surface area (Å²) in [6.07, 6.45) is 0.452. The fourth-order valence-corrected chi connectivity index (χ4v) is 2.75. The molecule has 1 heterocycles. The van der Waals surface area contributed by atoms with E-state index in [9.17, 15) is 4.79 Å². The van der Waals surface area contributed by atoms with E-state index in [1.165, 1.54) is 24.6 Å². The van der Waals surface area contributed by atoms with Crippen molar-refractivity contribution in [3.05, 3.63) is 0 Å². The van der Waals surface area contributed by atoms with Crippen LogP contribution in [0.3, 0.4) is 0 Å². The SMILES string of the molecule is CC(C)(C)OC(=O)CCNCCN1CCSCC1. The van der Waals surface area contributed by atoms with Crippen molar-refractivity contribution in [1.82, 2.24) is 10.2 Å². The Labute approximate surface area is 115 Å². The van der Waals surface area contributed by atoms with Crippen molar-refractivity contribution in [3.8, 4) is 0 Å². The molecule has 0 aromatic heterocycles. The third-order valence-corrected chi connectivity index (χ3v) is 3.58. The number of nitrogens with one attached hydrogen (secondary N) is 1. The monoisotopic (exact) mass is 274 g/mol. The molecule has 0 atom stereocenters. The summed E-state index contributed by atoms with van der Waals surface area (Å²) < 4.78 is 5.24. The van der Waals surface area contributed by atoms with Gasteiger partial charge in [0, 0.05) is 44.2 Å². The molecule has 4 nitrogen and oxygen atoms in total. The first-order chi connectivity index (χ1) is 8.47. The molecule has 0 spiro atoms. The number of ether oxygens (including phenoxy) is 1. The number of thioether (sulfide) groups is 1. The highest BCUT2D eigenvalue weighted by molar-refractivity contribution is 7.99. The molecular formula is C13H26N2O2S. The van der Waals surface area contributed by atoms with E-state index < -0.39 is 0 Å². The predicted octanol–water partition coefficient (Wildman–Crippen LogP) is 1.36. The largest absolute Gasteiger partial charge is 0.460 e. The van der Waals surface area contributed by atoms with Gasteiger partial charge in [-0.25, -0.2) is 0 Å². The molecule has 1 rings (SSSR count). The van der Waals surface area contributed by atoms with E-state index >= 15 is 0 Å². The Kier molecular flexibility index (Phi) is 7.04. The van der Waals surface area contributed by atoms with Gasteiger partial charge in [-0.1, -0.05) is 0 Å². The first kappa shape index (κ1) is 15.8. The van der Waals surface area contributed by atoms with Crippen molar-refractivity contribution < 1.29 is 9.53 Å². The van der Waals surface area contributed by atoms with Crippen molar-refractivity contribution in [3.63, 3.8) is 0 Å². The third-order valence-electron chi connectivity index (χ3n) is 2.63. The molecular weight excluding hydrogens is 248 g/mol. The van der Waals surface area contributed by atoms with E-state index in [2.05, 4.69) is 10.2 Å². The van der Waals surface area contributed by atoms with E-state index in [0.717, 1.165) is 13.1 Å². The van der Waals surface area contributed by atoms with Gasteiger partial charge in [-0.2, -0.15) is 11.8 Å². The van der Waals surface area contributed by atoms with Gasteiger partial charge in [0.25, 0.3) is 0 Å². The minimum absolute atomic E-state index is 0.121.